The Labute approximate surface area is 184 Å². The third-order valence-electron chi connectivity index (χ3n) is 5.13. The molecule has 10 heteroatoms. The topological polar surface area (TPSA) is 117 Å². The number of amides is 1. The van der Waals surface area contributed by atoms with Crippen LogP contribution >= 0.6 is 0 Å². The van der Waals surface area contributed by atoms with Crippen molar-refractivity contribution in [2.24, 2.45) is 0 Å². The molecule has 1 aliphatic rings. The molecule has 2 aromatic rings. The molecule has 1 aliphatic heterocycles. The van der Waals surface area contributed by atoms with Crippen LogP contribution in [0.15, 0.2) is 42.5 Å². The number of hydrogen-bond acceptors (Lipinski definition) is 8. The van der Waals surface area contributed by atoms with E-state index in [9.17, 15) is 19.7 Å². The SMILES string of the molecule is CCOC(=O)[C@@H]1OCC(=O)N(Cc2ccc(OC)cc2OC)[C@@H]1c1ccc([N+](=O)[O-])cc1. The van der Waals surface area contributed by atoms with Crippen molar-refractivity contribution in [3.63, 3.8) is 0 Å². The Bertz CT molecular complexity index is 992. The number of nitrogens with zero attached hydrogens (tertiary/aromatic N) is 2. The van der Waals surface area contributed by atoms with E-state index in [1.165, 1.54) is 43.4 Å². The van der Waals surface area contributed by atoms with E-state index >= 15 is 0 Å². The predicted octanol–water partition coefficient (Wildman–Crippen LogP) is 2.64. The minimum atomic E-state index is -1.08. The largest absolute Gasteiger partial charge is 0.497 e. The van der Waals surface area contributed by atoms with E-state index in [-0.39, 0.29) is 31.4 Å². The van der Waals surface area contributed by atoms with Crippen LogP contribution in [-0.4, -0.2) is 55.2 Å². The molecule has 2 atom stereocenters. The zero-order valence-electron chi connectivity index (χ0n) is 18.0. The number of methoxy groups -OCH3 is 2. The predicted molar refractivity (Wildman–Crippen MR) is 112 cm³/mol. The molecule has 0 aromatic heterocycles. The van der Waals surface area contributed by atoms with E-state index in [1.54, 1.807) is 25.1 Å². The molecule has 32 heavy (non-hydrogen) atoms. The first-order valence-corrected chi connectivity index (χ1v) is 9.92. The van der Waals surface area contributed by atoms with Gasteiger partial charge in [0.2, 0.25) is 5.91 Å². The second-order valence-electron chi connectivity index (χ2n) is 6.98. The van der Waals surface area contributed by atoms with Crippen molar-refractivity contribution in [2.45, 2.75) is 25.6 Å². The summed E-state index contributed by atoms with van der Waals surface area (Å²) in [5, 5.41) is 11.0. The molecule has 0 N–H and O–H groups in total. The molecule has 3 rings (SSSR count). The van der Waals surface area contributed by atoms with E-state index < -0.39 is 23.0 Å². The van der Waals surface area contributed by atoms with E-state index in [2.05, 4.69) is 0 Å². The van der Waals surface area contributed by atoms with Crippen molar-refractivity contribution >= 4 is 17.6 Å². The summed E-state index contributed by atoms with van der Waals surface area (Å²) in [6.45, 7) is 1.64. The van der Waals surface area contributed by atoms with Gasteiger partial charge in [-0.05, 0) is 24.6 Å². The molecule has 1 saturated heterocycles. The summed E-state index contributed by atoms with van der Waals surface area (Å²) in [4.78, 5) is 37.5. The summed E-state index contributed by atoms with van der Waals surface area (Å²) in [6, 6.07) is 10.0. The van der Waals surface area contributed by atoms with Gasteiger partial charge < -0.3 is 23.8 Å². The third kappa shape index (κ3) is 4.80. The molecule has 0 bridgehead atoms. The summed E-state index contributed by atoms with van der Waals surface area (Å²) >= 11 is 0. The van der Waals surface area contributed by atoms with Gasteiger partial charge in [-0.1, -0.05) is 12.1 Å². The van der Waals surface area contributed by atoms with Crippen LogP contribution in [0.2, 0.25) is 0 Å². The molecule has 170 valence electrons. The first-order chi connectivity index (χ1) is 15.4. The molecule has 0 unspecified atom stereocenters. The minimum absolute atomic E-state index is 0.104. The highest BCUT2D eigenvalue weighted by Gasteiger charge is 2.43. The molecule has 0 saturated carbocycles. The molecule has 10 nitrogen and oxygen atoms in total. The third-order valence-corrected chi connectivity index (χ3v) is 5.13. The Hall–Kier alpha value is -3.66. The van der Waals surface area contributed by atoms with Crippen LogP contribution in [0.4, 0.5) is 5.69 Å². The maximum absolute atomic E-state index is 12.9. The first kappa shape index (κ1) is 23.0. The zero-order chi connectivity index (χ0) is 23.3. The van der Waals surface area contributed by atoms with Gasteiger partial charge in [-0.15, -0.1) is 0 Å². The van der Waals surface area contributed by atoms with Gasteiger partial charge in [0.15, 0.2) is 6.10 Å². The number of nitro benzene ring substituents is 1. The highest BCUT2D eigenvalue weighted by atomic mass is 16.6. The zero-order valence-corrected chi connectivity index (χ0v) is 18.0. The van der Waals surface area contributed by atoms with Gasteiger partial charge in [0.05, 0.1) is 38.3 Å². The molecule has 0 spiro atoms. The maximum Gasteiger partial charge on any atom is 0.337 e. The molecule has 1 heterocycles. The van der Waals surface area contributed by atoms with Crippen molar-refractivity contribution < 1.29 is 33.5 Å². The van der Waals surface area contributed by atoms with Crippen molar-refractivity contribution in [2.75, 3.05) is 27.4 Å². The molecule has 1 fully saturated rings. The lowest BCUT2D eigenvalue weighted by Gasteiger charge is -2.40. The number of nitro groups is 1. The summed E-state index contributed by atoms with van der Waals surface area (Å²) in [6.07, 6.45) is -1.08. The van der Waals surface area contributed by atoms with Gasteiger partial charge in [-0.3, -0.25) is 14.9 Å². The van der Waals surface area contributed by atoms with Crippen LogP contribution in [0.1, 0.15) is 24.1 Å². The number of esters is 1. The molecule has 0 radical (unpaired) electrons. The lowest BCUT2D eigenvalue weighted by atomic mass is 9.96. The Morgan fingerprint density at radius 2 is 1.91 bits per heavy atom. The van der Waals surface area contributed by atoms with Gasteiger partial charge in [-0.2, -0.15) is 0 Å². The molecule has 0 aliphatic carbocycles. The van der Waals surface area contributed by atoms with Gasteiger partial charge in [-0.25, -0.2) is 4.79 Å². The Morgan fingerprint density at radius 3 is 2.50 bits per heavy atom. The number of carbonyl (C=O) groups is 2. The van der Waals surface area contributed by atoms with Crippen LogP contribution < -0.4 is 9.47 Å². The van der Waals surface area contributed by atoms with Gasteiger partial charge >= 0.3 is 5.97 Å². The number of hydrogen-bond donors (Lipinski definition) is 0. The summed E-state index contributed by atoms with van der Waals surface area (Å²) in [5.41, 5.74) is 1.10. The van der Waals surface area contributed by atoms with E-state index in [4.69, 9.17) is 18.9 Å². The minimum Gasteiger partial charge on any atom is -0.497 e. The molecular formula is C22H24N2O8. The highest BCUT2D eigenvalue weighted by Crippen LogP contribution is 2.35. The standard InChI is InChI=1S/C22H24N2O8/c1-4-31-22(26)21-20(14-5-8-16(9-6-14)24(27)28)23(19(25)13-32-21)12-15-7-10-17(29-2)11-18(15)30-3/h5-11,20-21H,4,12-13H2,1-3H3/t20-,21-/m1/s1. The average molecular weight is 444 g/mol. The lowest BCUT2D eigenvalue weighted by molar-refractivity contribution is -0.384. The number of carbonyl (C=O) groups excluding carboxylic acids is 2. The number of morpholine rings is 1. The second kappa shape index (κ2) is 10.1. The number of non-ortho nitro benzene ring substituents is 1. The van der Waals surface area contributed by atoms with E-state index in [1.807, 2.05) is 0 Å². The number of rotatable bonds is 8. The van der Waals surface area contributed by atoms with Crippen molar-refractivity contribution in [1.82, 2.24) is 4.90 Å². The van der Waals surface area contributed by atoms with Crippen LogP contribution in [0.3, 0.4) is 0 Å². The van der Waals surface area contributed by atoms with Gasteiger partial charge in [0.25, 0.3) is 5.69 Å². The molecule has 2 aromatic carbocycles. The molecule has 1 amide bonds. The van der Waals surface area contributed by atoms with Crippen LogP contribution in [0.25, 0.3) is 0 Å². The van der Waals surface area contributed by atoms with E-state index in [0.717, 1.165) is 0 Å². The summed E-state index contributed by atoms with van der Waals surface area (Å²) < 4.78 is 21.4. The summed E-state index contributed by atoms with van der Waals surface area (Å²) in [7, 11) is 3.04. The average Bonchev–Trinajstić information content (AvgIpc) is 2.80. The summed E-state index contributed by atoms with van der Waals surface area (Å²) in [5.74, 6) is 0.149. The fraction of sp³-hybridized carbons (Fsp3) is 0.364. The van der Waals surface area contributed by atoms with Crippen molar-refractivity contribution in [3.8, 4) is 11.5 Å². The van der Waals surface area contributed by atoms with E-state index in [0.29, 0.717) is 22.6 Å². The maximum atomic E-state index is 12.9. The molecular weight excluding hydrogens is 420 g/mol. The second-order valence-corrected chi connectivity index (χ2v) is 6.98. The Balaban J connectivity index is 2.02. The Kier molecular flexibility index (Phi) is 7.26. The highest BCUT2D eigenvalue weighted by molar-refractivity contribution is 5.83. The first-order valence-electron chi connectivity index (χ1n) is 9.92. The van der Waals surface area contributed by atoms with Crippen LogP contribution in [-0.2, 0) is 25.6 Å². The number of benzene rings is 2. The lowest BCUT2D eigenvalue weighted by Crippen LogP contribution is -2.51. The van der Waals surface area contributed by atoms with Gasteiger partial charge in [0.1, 0.15) is 18.1 Å². The van der Waals surface area contributed by atoms with Crippen molar-refractivity contribution in [3.05, 3.63) is 63.7 Å². The fourth-order valence-electron chi connectivity index (χ4n) is 3.58. The Morgan fingerprint density at radius 1 is 1.19 bits per heavy atom. The monoisotopic (exact) mass is 444 g/mol. The number of ether oxygens (including phenoxy) is 4. The normalized spacial score (nSPS) is 18.2. The smallest absolute Gasteiger partial charge is 0.337 e. The quantitative estimate of drug-likeness (QED) is 0.346. The van der Waals surface area contributed by atoms with Crippen molar-refractivity contribution in [1.29, 1.82) is 0 Å². The van der Waals surface area contributed by atoms with Gasteiger partial charge in [0, 0.05) is 23.8 Å². The fourth-order valence-corrected chi connectivity index (χ4v) is 3.58. The van der Waals surface area contributed by atoms with Crippen LogP contribution in [0.5, 0.6) is 11.5 Å². The van der Waals surface area contributed by atoms with Crippen LogP contribution in [0, 0.1) is 10.1 Å².